The zero-order chi connectivity index (χ0) is 24.6. The minimum atomic E-state index is -3.74. The second-order valence-corrected chi connectivity index (χ2v) is 11.6. The van der Waals surface area contributed by atoms with Gasteiger partial charge < -0.3 is 11.1 Å². The van der Waals surface area contributed by atoms with Gasteiger partial charge in [0.2, 0.25) is 15.8 Å². The van der Waals surface area contributed by atoms with Gasteiger partial charge in [-0.05, 0) is 47.0 Å². The highest BCUT2D eigenvalue weighted by atomic mass is 79.9. The van der Waals surface area contributed by atoms with Crippen LogP contribution in [0, 0.1) is 11.6 Å². The number of hydrogen-bond donors (Lipinski definition) is 2. The summed E-state index contributed by atoms with van der Waals surface area (Å²) in [6, 6.07) is 4.42. The predicted molar refractivity (Wildman–Crippen MR) is 129 cm³/mol. The number of nitrogen functional groups attached to an aromatic ring is 1. The third-order valence-corrected chi connectivity index (χ3v) is 9.24. The summed E-state index contributed by atoms with van der Waals surface area (Å²) < 4.78 is 55.5. The highest BCUT2D eigenvalue weighted by molar-refractivity contribution is 9.10. The monoisotopic (exact) mass is 591 g/mol. The van der Waals surface area contributed by atoms with Crippen molar-refractivity contribution < 1.29 is 22.0 Å². The maximum atomic E-state index is 14.0. The first-order valence-electron chi connectivity index (χ1n) is 9.90. The molecule has 0 unspecified atom stereocenters. The van der Waals surface area contributed by atoms with Crippen molar-refractivity contribution in [3.63, 3.8) is 0 Å². The number of aromatic nitrogens is 2. The molecular weight excluding hydrogens is 576 g/mol. The van der Waals surface area contributed by atoms with Crippen LogP contribution >= 0.6 is 38.9 Å². The SMILES string of the molecule is Nc1nc(NC2CCN(S(=O)(=O)c3cnc(Cl)c(Br)c3)CC2)sc1C(=O)c1c(F)cccc1F. The van der Waals surface area contributed by atoms with Crippen LogP contribution in [0.5, 0.6) is 0 Å². The summed E-state index contributed by atoms with van der Waals surface area (Å²) in [4.78, 5) is 20.6. The Morgan fingerprint density at radius 1 is 1.26 bits per heavy atom. The number of anilines is 2. The molecule has 34 heavy (non-hydrogen) atoms. The summed E-state index contributed by atoms with van der Waals surface area (Å²) >= 11 is 9.92. The first-order chi connectivity index (χ1) is 16.1. The number of ketones is 1. The number of carbonyl (C=O) groups excluding carboxylic acids is 1. The number of pyridine rings is 1. The van der Waals surface area contributed by atoms with Gasteiger partial charge in [0.05, 0.1) is 10.0 Å². The third kappa shape index (κ3) is 4.93. The number of piperidine rings is 1. The number of nitrogens with one attached hydrogen (secondary N) is 1. The first kappa shape index (κ1) is 24.9. The first-order valence-corrected chi connectivity index (χ1v) is 13.3. The van der Waals surface area contributed by atoms with Crippen molar-refractivity contribution in [3.8, 4) is 0 Å². The lowest BCUT2D eigenvalue weighted by Crippen LogP contribution is -2.42. The molecule has 0 radical (unpaired) electrons. The van der Waals surface area contributed by atoms with E-state index in [1.807, 2.05) is 0 Å². The van der Waals surface area contributed by atoms with Gasteiger partial charge in [-0.1, -0.05) is 29.0 Å². The Kier molecular flexibility index (Phi) is 7.20. The molecule has 0 bridgehead atoms. The second kappa shape index (κ2) is 9.82. The Balaban J connectivity index is 1.43. The molecule has 1 saturated heterocycles. The number of nitrogens with zero attached hydrogens (tertiary/aromatic N) is 3. The highest BCUT2D eigenvalue weighted by Gasteiger charge is 2.31. The van der Waals surface area contributed by atoms with Gasteiger partial charge in [0, 0.05) is 25.3 Å². The Morgan fingerprint density at radius 2 is 1.91 bits per heavy atom. The van der Waals surface area contributed by atoms with Gasteiger partial charge in [-0.3, -0.25) is 4.79 Å². The highest BCUT2D eigenvalue weighted by Crippen LogP contribution is 2.31. The van der Waals surface area contributed by atoms with Crippen LogP contribution in [-0.2, 0) is 10.0 Å². The number of hydrogen-bond acceptors (Lipinski definition) is 8. The van der Waals surface area contributed by atoms with E-state index in [2.05, 4.69) is 31.2 Å². The van der Waals surface area contributed by atoms with Crippen LogP contribution in [-0.4, -0.2) is 47.6 Å². The fourth-order valence-electron chi connectivity index (χ4n) is 3.49. The molecule has 4 rings (SSSR count). The Labute approximate surface area is 211 Å². The molecule has 3 aromatic rings. The van der Waals surface area contributed by atoms with Crippen LogP contribution in [0.1, 0.15) is 28.1 Å². The average molecular weight is 593 g/mol. The van der Waals surface area contributed by atoms with Crippen molar-refractivity contribution in [2.75, 3.05) is 24.1 Å². The molecule has 0 amide bonds. The van der Waals surface area contributed by atoms with Crippen LogP contribution in [0.4, 0.5) is 19.7 Å². The fraction of sp³-hybridized carbons (Fsp3) is 0.250. The Hall–Kier alpha value is -2.19. The molecule has 180 valence electrons. The molecule has 1 aliphatic rings. The molecular formula is C20H17BrClF2N5O3S2. The summed E-state index contributed by atoms with van der Waals surface area (Å²) in [5, 5.41) is 3.61. The number of nitrogens with two attached hydrogens (primary N) is 1. The summed E-state index contributed by atoms with van der Waals surface area (Å²) in [6.45, 7) is 0.487. The molecule has 2 aromatic heterocycles. The zero-order valence-corrected chi connectivity index (χ0v) is 21.2. The van der Waals surface area contributed by atoms with Crippen LogP contribution in [0.2, 0.25) is 5.15 Å². The summed E-state index contributed by atoms with van der Waals surface area (Å²) in [6.07, 6.45) is 2.14. The molecule has 0 atom stereocenters. The predicted octanol–water partition coefficient (Wildman–Crippen LogP) is 4.31. The van der Waals surface area contributed by atoms with Crippen molar-refractivity contribution in [1.29, 1.82) is 0 Å². The maximum Gasteiger partial charge on any atom is 0.244 e. The standard InChI is InChI=1S/C20H17BrClF2N5O3S2/c21-12-8-11(9-26-18(12)22)34(31,32)29-6-4-10(5-7-29)27-20-28-19(25)17(33-20)16(30)15-13(23)2-1-3-14(15)24/h1-3,8-10H,4-7,25H2,(H,27,28). The lowest BCUT2D eigenvalue weighted by molar-refractivity contribution is 0.103. The topological polar surface area (TPSA) is 118 Å². The van der Waals surface area contributed by atoms with E-state index in [1.54, 1.807) is 0 Å². The second-order valence-electron chi connectivity index (χ2n) is 7.43. The summed E-state index contributed by atoms with van der Waals surface area (Å²) in [7, 11) is -3.74. The molecule has 0 aliphatic carbocycles. The molecule has 1 aliphatic heterocycles. The Bertz CT molecular complexity index is 1340. The Morgan fingerprint density at radius 3 is 2.53 bits per heavy atom. The smallest absolute Gasteiger partial charge is 0.244 e. The van der Waals surface area contributed by atoms with Crippen LogP contribution in [0.25, 0.3) is 0 Å². The van der Waals surface area contributed by atoms with E-state index in [0.717, 1.165) is 23.5 Å². The fourth-order valence-corrected chi connectivity index (χ4v) is 6.45. The van der Waals surface area contributed by atoms with Crippen molar-refractivity contribution >= 4 is 65.6 Å². The third-order valence-electron chi connectivity index (χ3n) is 5.24. The largest absolute Gasteiger partial charge is 0.382 e. The van der Waals surface area contributed by atoms with E-state index in [-0.39, 0.29) is 39.9 Å². The number of carbonyl (C=O) groups is 1. The van der Waals surface area contributed by atoms with Gasteiger partial charge >= 0.3 is 0 Å². The molecule has 0 spiro atoms. The maximum absolute atomic E-state index is 14.0. The van der Waals surface area contributed by atoms with Gasteiger partial charge in [0.1, 0.15) is 32.4 Å². The normalized spacial score (nSPS) is 15.4. The molecule has 1 aromatic carbocycles. The van der Waals surface area contributed by atoms with E-state index < -0.39 is 33.0 Å². The molecule has 14 heteroatoms. The van der Waals surface area contributed by atoms with E-state index in [4.69, 9.17) is 17.3 Å². The van der Waals surface area contributed by atoms with E-state index in [9.17, 15) is 22.0 Å². The number of sulfonamides is 1. The molecule has 3 heterocycles. The van der Waals surface area contributed by atoms with Gasteiger partial charge in [0.15, 0.2) is 5.13 Å². The van der Waals surface area contributed by atoms with Crippen molar-refractivity contribution in [2.24, 2.45) is 0 Å². The summed E-state index contributed by atoms with van der Waals surface area (Å²) in [5.74, 6) is -2.99. The minimum absolute atomic E-state index is 0.0337. The van der Waals surface area contributed by atoms with Crippen molar-refractivity contribution in [1.82, 2.24) is 14.3 Å². The summed E-state index contributed by atoms with van der Waals surface area (Å²) in [5.41, 5.74) is 5.15. The van der Waals surface area contributed by atoms with Crippen LogP contribution in [0.3, 0.4) is 0 Å². The number of benzene rings is 1. The van der Waals surface area contributed by atoms with Gasteiger partial charge in [-0.25, -0.2) is 27.2 Å². The van der Waals surface area contributed by atoms with Gasteiger partial charge in [-0.15, -0.1) is 0 Å². The number of halogens is 4. The van der Waals surface area contributed by atoms with Crippen LogP contribution in [0.15, 0.2) is 39.8 Å². The van der Waals surface area contributed by atoms with Crippen LogP contribution < -0.4 is 11.1 Å². The minimum Gasteiger partial charge on any atom is -0.382 e. The molecule has 0 saturated carbocycles. The van der Waals surface area contributed by atoms with Gasteiger partial charge in [-0.2, -0.15) is 4.31 Å². The van der Waals surface area contributed by atoms with E-state index >= 15 is 0 Å². The van der Waals surface area contributed by atoms with Crippen molar-refractivity contribution in [3.05, 3.63) is 62.2 Å². The quantitative estimate of drug-likeness (QED) is 0.323. The lowest BCUT2D eigenvalue weighted by Gasteiger charge is -2.31. The lowest BCUT2D eigenvalue weighted by atomic mass is 10.1. The van der Waals surface area contributed by atoms with Crippen molar-refractivity contribution in [2.45, 2.75) is 23.8 Å². The average Bonchev–Trinajstić information content (AvgIpc) is 3.15. The van der Waals surface area contributed by atoms with E-state index in [1.165, 1.54) is 22.6 Å². The molecule has 1 fully saturated rings. The molecule has 3 N–H and O–H groups in total. The zero-order valence-electron chi connectivity index (χ0n) is 17.3. The number of thiazole rings is 1. The molecule has 8 nitrogen and oxygen atoms in total. The van der Waals surface area contributed by atoms with E-state index in [0.29, 0.717) is 22.4 Å². The number of rotatable bonds is 6. The van der Waals surface area contributed by atoms with Gasteiger partial charge in [0.25, 0.3) is 0 Å².